The van der Waals surface area contributed by atoms with Gasteiger partial charge in [-0.1, -0.05) is 56.7 Å². The summed E-state index contributed by atoms with van der Waals surface area (Å²) in [6, 6.07) is 0. The summed E-state index contributed by atoms with van der Waals surface area (Å²) in [6.45, 7) is 14.7. The van der Waals surface area contributed by atoms with Gasteiger partial charge in [-0.3, -0.25) is 14.4 Å². The number of carbonyl (C=O) groups excluding carboxylic acids is 3. The maximum Gasteiger partial charge on any atom is 0.320 e. The van der Waals surface area contributed by atoms with Crippen LogP contribution in [-0.4, -0.2) is 34.3 Å². The van der Waals surface area contributed by atoms with Crippen molar-refractivity contribution in [2.24, 2.45) is 34.0 Å². The third kappa shape index (κ3) is 2.67. The number of aliphatic hydroxyl groups is 1. The first-order valence-corrected chi connectivity index (χ1v) is 10.7. The number of allylic oxidation sites excluding steroid dienone is 5. The molecule has 0 unspecified atom stereocenters. The van der Waals surface area contributed by atoms with E-state index in [-0.39, 0.29) is 29.3 Å². The van der Waals surface area contributed by atoms with Gasteiger partial charge in [-0.2, -0.15) is 0 Å². The van der Waals surface area contributed by atoms with Crippen molar-refractivity contribution in [2.75, 3.05) is 0 Å². The van der Waals surface area contributed by atoms with Crippen molar-refractivity contribution >= 4 is 17.5 Å². The SMILES string of the molecule is C\C(=C/C=C/C=C/[C@]1(C)[C@H]2OC(=O)[C@]1(C)C(=O)C2(C)C)[C@@H]1[C@@H](C)C(=O)[C@@](C)(O)[C@H]1C. The lowest BCUT2D eigenvalue weighted by molar-refractivity contribution is -0.166. The van der Waals surface area contributed by atoms with Crippen LogP contribution in [0.2, 0.25) is 0 Å². The lowest BCUT2D eigenvalue weighted by Crippen LogP contribution is -2.44. The molecule has 164 valence electrons. The van der Waals surface area contributed by atoms with Gasteiger partial charge in [-0.05, 0) is 46.5 Å². The van der Waals surface area contributed by atoms with E-state index in [9.17, 15) is 19.5 Å². The Morgan fingerprint density at radius 1 is 1.00 bits per heavy atom. The fourth-order valence-corrected chi connectivity index (χ4v) is 6.14. The van der Waals surface area contributed by atoms with Gasteiger partial charge >= 0.3 is 5.97 Å². The van der Waals surface area contributed by atoms with E-state index in [2.05, 4.69) is 0 Å². The molecule has 2 saturated carbocycles. The first kappa shape index (κ1) is 22.7. The standard InChI is InChI=1S/C25H34O5/c1-14(17-15(2)18(26)25(8,29)16(17)3)12-10-9-11-13-23(6)20-22(4,5)19(27)24(23,7)21(28)30-20/h9-13,15-17,20,29H,1-8H3/b10-9+,13-11+,14-12+/t15-,16+,17-,20+,23-,24+,25+/m1/s1. The molecule has 3 aliphatic rings. The molecule has 5 heteroatoms. The fraction of sp³-hybridized carbons (Fsp3) is 0.640. The number of rotatable bonds is 4. The predicted octanol–water partition coefficient (Wildman–Crippen LogP) is 3.81. The summed E-state index contributed by atoms with van der Waals surface area (Å²) < 4.78 is 5.58. The molecule has 0 spiro atoms. The maximum absolute atomic E-state index is 12.9. The highest BCUT2D eigenvalue weighted by Crippen LogP contribution is 2.64. The van der Waals surface area contributed by atoms with Crippen molar-refractivity contribution in [2.45, 2.75) is 67.1 Å². The third-order valence-corrected chi connectivity index (χ3v) is 8.38. The van der Waals surface area contributed by atoms with E-state index in [1.165, 1.54) is 0 Å². The molecule has 0 aromatic rings. The summed E-state index contributed by atoms with van der Waals surface area (Å²) in [6.07, 6.45) is 8.99. The first-order valence-electron chi connectivity index (χ1n) is 10.7. The second-order valence-electron chi connectivity index (χ2n) is 10.5. The molecule has 2 aliphatic carbocycles. The number of ether oxygens (including phenoxy) is 1. The van der Waals surface area contributed by atoms with Crippen LogP contribution in [0.15, 0.2) is 36.0 Å². The van der Waals surface area contributed by atoms with E-state index in [1.807, 2.05) is 71.9 Å². The first-order chi connectivity index (χ1) is 13.6. The summed E-state index contributed by atoms with van der Waals surface area (Å²) in [4.78, 5) is 37.6. The third-order valence-electron chi connectivity index (χ3n) is 8.38. The minimum Gasteiger partial charge on any atom is -0.460 e. The average molecular weight is 415 g/mol. The molecule has 1 N–H and O–H groups in total. The van der Waals surface area contributed by atoms with Crippen LogP contribution >= 0.6 is 0 Å². The summed E-state index contributed by atoms with van der Waals surface area (Å²) in [5.41, 5.74) is -2.83. The molecular formula is C25H34O5. The van der Waals surface area contributed by atoms with E-state index >= 15 is 0 Å². The van der Waals surface area contributed by atoms with E-state index in [4.69, 9.17) is 4.74 Å². The molecule has 0 aromatic carbocycles. The average Bonchev–Trinajstić information content (AvgIpc) is 3.00. The topological polar surface area (TPSA) is 80.7 Å². The number of Topliss-reactive ketones (excluding diaryl/α,β-unsaturated/α-hetero) is 2. The van der Waals surface area contributed by atoms with Crippen LogP contribution in [-0.2, 0) is 19.1 Å². The highest BCUT2D eigenvalue weighted by atomic mass is 16.6. The number of fused-ring (bicyclic) bond motifs is 2. The molecule has 0 aromatic heterocycles. The van der Waals surface area contributed by atoms with E-state index in [0.717, 1.165) is 5.57 Å². The molecule has 1 aliphatic heterocycles. The van der Waals surface area contributed by atoms with Crippen molar-refractivity contribution in [3.05, 3.63) is 36.0 Å². The second-order valence-corrected chi connectivity index (χ2v) is 10.5. The number of carbonyl (C=O) groups is 3. The number of ketones is 2. The van der Waals surface area contributed by atoms with E-state index < -0.39 is 33.9 Å². The molecule has 1 heterocycles. The monoisotopic (exact) mass is 414 g/mol. The summed E-state index contributed by atoms with van der Waals surface area (Å²) in [5, 5.41) is 10.5. The summed E-state index contributed by atoms with van der Waals surface area (Å²) in [5.74, 6) is -0.989. The molecule has 30 heavy (non-hydrogen) atoms. The van der Waals surface area contributed by atoms with E-state index in [0.29, 0.717) is 0 Å². The fourth-order valence-electron chi connectivity index (χ4n) is 6.14. The zero-order valence-corrected chi connectivity index (χ0v) is 19.3. The van der Waals surface area contributed by atoms with Crippen molar-refractivity contribution < 1.29 is 24.2 Å². The van der Waals surface area contributed by atoms with Crippen molar-refractivity contribution in [3.63, 3.8) is 0 Å². The van der Waals surface area contributed by atoms with Crippen LogP contribution < -0.4 is 0 Å². The van der Waals surface area contributed by atoms with Gasteiger partial charge < -0.3 is 9.84 Å². The Bertz CT molecular complexity index is 889. The van der Waals surface area contributed by atoms with E-state index in [1.54, 1.807) is 13.8 Å². The highest BCUT2D eigenvalue weighted by Gasteiger charge is 2.77. The molecular weight excluding hydrogens is 380 g/mol. The molecule has 2 bridgehead atoms. The smallest absolute Gasteiger partial charge is 0.320 e. The largest absolute Gasteiger partial charge is 0.460 e. The Morgan fingerprint density at radius 2 is 1.60 bits per heavy atom. The summed E-state index contributed by atoms with van der Waals surface area (Å²) in [7, 11) is 0. The van der Waals surface area contributed by atoms with Gasteiger partial charge in [0, 0.05) is 11.3 Å². The second kappa shape index (κ2) is 6.74. The van der Waals surface area contributed by atoms with Crippen molar-refractivity contribution in [3.8, 4) is 0 Å². The Morgan fingerprint density at radius 3 is 2.10 bits per heavy atom. The minimum absolute atomic E-state index is 0.00678. The normalized spacial score (nSPS) is 45.9. The van der Waals surface area contributed by atoms with Gasteiger partial charge in [0.1, 0.15) is 17.1 Å². The van der Waals surface area contributed by atoms with Crippen LogP contribution in [0.25, 0.3) is 0 Å². The predicted molar refractivity (Wildman–Crippen MR) is 114 cm³/mol. The van der Waals surface area contributed by atoms with Gasteiger partial charge in [0.15, 0.2) is 11.6 Å². The lowest BCUT2D eigenvalue weighted by Gasteiger charge is -2.30. The molecule has 1 saturated heterocycles. The molecule has 7 atom stereocenters. The zero-order valence-electron chi connectivity index (χ0n) is 19.3. The van der Waals surface area contributed by atoms with Crippen LogP contribution in [0, 0.1) is 34.0 Å². The number of hydrogen-bond acceptors (Lipinski definition) is 5. The van der Waals surface area contributed by atoms with Crippen LogP contribution in [0.3, 0.4) is 0 Å². The quantitative estimate of drug-likeness (QED) is 0.430. The Balaban J connectivity index is 1.79. The van der Waals surface area contributed by atoms with Gasteiger partial charge in [-0.25, -0.2) is 0 Å². The molecule has 0 radical (unpaired) electrons. The van der Waals surface area contributed by atoms with Crippen LogP contribution in [0.4, 0.5) is 0 Å². The summed E-state index contributed by atoms with van der Waals surface area (Å²) >= 11 is 0. The van der Waals surface area contributed by atoms with Crippen molar-refractivity contribution in [1.29, 1.82) is 0 Å². The molecule has 3 fully saturated rings. The Kier molecular flexibility index (Phi) is 5.10. The Hall–Kier alpha value is -2.01. The molecule has 5 nitrogen and oxygen atoms in total. The van der Waals surface area contributed by atoms with Gasteiger partial charge in [0.25, 0.3) is 0 Å². The Labute approximate surface area is 179 Å². The molecule has 0 amide bonds. The minimum atomic E-state index is -1.29. The van der Waals surface area contributed by atoms with Crippen LogP contribution in [0.5, 0.6) is 0 Å². The van der Waals surface area contributed by atoms with Crippen LogP contribution in [0.1, 0.15) is 55.4 Å². The highest BCUT2D eigenvalue weighted by molar-refractivity contribution is 6.12. The van der Waals surface area contributed by atoms with Gasteiger partial charge in [0.2, 0.25) is 0 Å². The number of hydrogen-bond donors (Lipinski definition) is 1. The molecule has 3 rings (SSSR count). The van der Waals surface area contributed by atoms with Gasteiger partial charge in [-0.15, -0.1) is 0 Å². The zero-order chi connectivity index (χ0) is 22.9. The lowest BCUT2D eigenvalue weighted by atomic mass is 9.68. The maximum atomic E-state index is 12.9. The van der Waals surface area contributed by atoms with Gasteiger partial charge in [0.05, 0.1) is 5.41 Å². The number of esters is 1. The van der Waals surface area contributed by atoms with Crippen molar-refractivity contribution in [1.82, 2.24) is 0 Å².